The third kappa shape index (κ3) is 2.16. The standard InChI is InChI=1S/C16H14N2O2/c19-16(20)15-17(13-7-3-1-4-8-13)11-12-18(15)14-9-5-2-6-10-14/h1-10H,11-12H2/p+1. The van der Waals surface area contributed by atoms with Gasteiger partial charge in [0.05, 0.1) is 0 Å². The molecule has 0 aliphatic carbocycles. The van der Waals surface area contributed by atoms with Crippen LogP contribution in [0.4, 0.5) is 11.4 Å². The first kappa shape index (κ1) is 12.4. The van der Waals surface area contributed by atoms with Crippen molar-refractivity contribution < 1.29 is 14.5 Å². The van der Waals surface area contributed by atoms with Crippen molar-refractivity contribution in [1.82, 2.24) is 0 Å². The molecular weight excluding hydrogens is 252 g/mol. The van der Waals surface area contributed by atoms with E-state index in [4.69, 9.17) is 0 Å². The van der Waals surface area contributed by atoms with Crippen molar-refractivity contribution in [3.05, 3.63) is 60.7 Å². The fourth-order valence-corrected chi connectivity index (χ4v) is 2.51. The second-order valence-corrected chi connectivity index (χ2v) is 4.60. The summed E-state index contributed by atoms with van der Waals surface area (Å²) in [5.74, 6) is -0.599. The lowest BCUT2D eigenvalue weighted by atomic mass is 10.3. The zero-order chi connectivity index (χ0) is 13.9. The van der Waals surface area contributed by atoms with E-state index in [0.29, 0.717) is 18.9 Å². The molecule has 1 aliphatic rings. The average molecular weight is 267 g/mol. The molecule has 4 heteroatoms. The zero-order valence-electron chi connectivity index (χ0n) is 10.9. The molecule has 0 amide bonds. The number of carbonyl (C=O) groups is 1. The third-order valence-corrected chi connectivity index (χ3v) is 3.39. The number of hydrogen-bond acceptors (Lipinski definition) is 2. The smallest absolute Gasteiger partial charge is 0.419 e. The first-order valence-electron chi connectivity index (χ1n) is 6.53. The summed E-state index contributed by atoms with van der Waals surface area (Å²) in [4.78, 5) is 13.5. The zero-order valence-corrected chi connectivity index (χ0v) is 10.9. The van der Waals surface area contributed by atoms with Gasteiger partial charge in [0.25, 0.3) is 0 Å². The van der Waals surface area contributed by atoms with Crippen molar-refractivity contribution in [2.45, 2.75) is 0 Å². The molecule has 1 aliphatic heterocycles. The molecule has 0 atom stereocenters. The molecule has 0 bridgehead atoms. The Morgan fingerprint density at radius 3 is 2.20 bits per heavy atom. The predicted molar refractivity (Wildman–Crippen MR) is 77.7 cm³/mol. The average Bonchev–Trinajstić information content (AvgIpc) is 2.94. The van der Waals surface area contributed by atoms with Crippen molar-refractivity contribution in [2.75, 3.05) is 18.0 Å². The molecule has 100 valence electrons. The number of amidine groups is 1. The Balaban J connectivity index is 2.08. The van der Waals surface area contributed by atoms with Gasteiger partial charge in [0.2, 0.25) is 0 Å². The van der Waals surface area contributed by atoms with E-state index in [1.165, 1.54) is 0 Å². The third-order valence-electron chi connectivity index (χ3n) is 3.39. The normalized spacial score (nSPS) is 14.7. The molecule has 0 aromatic heterocycles. The number of carboxylic acids is 1. The summed E-state index contributed by atoms with van der Waals surface area (Å²) in [6.07, 6.45) is 0. The summed E-state index contributed by atoms with van der Waals surface area (Å²) in [5, 5.41) is 9.56. The molecule has 1 N–H and O–H groups in total. The minimum Gasteiger partial charge on any atom is -0.472 e. The van der Waals surface area contributed by atoms with Gasteiger partial charge < -0.3 is 5.11 Å². The minimum absolute atomic E-state index is 0.308. The van der Waals surface area contributed by atoms with Crippen molar-refractivity contribution in [3.8, 4) is 0 Å². The molecule has 0 fully saturated rings. The number of benzene rings is 2. The molecule has 0 saturated carbocycles. The highest BCUT2D eigenvalue weighted by atomic mass is 16.4. The largest absolute Gasteiger partial charge is 0.472 e. The molecule has 2 aromatic carbocycles. The highest BCUT2D eigenvalue weighted by Gasteiger charge is 2.38. The van der Waals surface area contributed by atoms with E-state index >= 15 is 0 Å². The van der Waals surface area contributed by atoms with Crippen molar-refractivity contribution in [3.63, 3.8) is 0 Å². The lowest BCUT2D eigenvalue weighted by Gasteiger charge is -2.09. The molecule has 0 unspecified atom stereocenters. The SMILES string of the molecule is O=C(O)C1=[N+](c2ccccc2)CCN1c1ccccc1. The molecule has 4 nitrogen and oxygen atoms in total. The van der Waals surface area contributed by atoms with E-state index in [2.05, 4.69) is 0 Å². The lowest BCUT2D eigenvalue weighted by Crippen LogP contribution is -2.35. The van der Waals surface area contributed by atoms with Crippen LogP contribution in [0, 0.1) is 0 Å². The van der Waals surface area contributed by atoms with E-state index in [-0.39, 0.29) is 0 Å². The Morgan fingerprint density at radius 2 is 1.60 bits per heavy atom. The van der Waals surface area contributed by atoms with Crippen LogP contribution in [0.1, 0.15) is 0 Å². The van der Waals surface area contributed by atoms with Crippen LogP contribution in [0.5, 0.6) is 0 Å². The summed E-state index contributed by atoms with van der Waals surface area (Å²) < 4.78 is 1.84. The van der Waals surface area contributed by atoms with Crippen molar-refractivity contribution in [1.29, 1.82) is 0 Å². The van der Waals surface area contributed by atoms with Crippen LogP contribution in [-0.4, -0.2) is 34.6 Å². The first-order chi connectivity index (χ1) is 9.77. The lowest BCUT2D eigenvalue weighted by molar-refractivity contribution is -0.428. The van der Waals surface area contributed by atoms with Crippen LogP contribution in [-0.2, 0) is 4.79 Å². The number of rotatable bonds is 3. The number of para-hydroxylation sites is 2. The van der Waals surface area contributed by atoms with Crippen molar-refractivity contribution >= 4 is 23.2 Å². The summed E-state index contributed by atoms with van der Waals surface area (Å²) in [6, 6.07) is 19.2. The maximum absolute atomic E-state index is 11.6. The van der Waals surface area contributed by atoms with Crippen LogP contribution in [0.15, 0.2) is 60.7 Å². The molecule has 0 radical (unpaired) electrons. The number of aliphatic carboxylic acids is 1. The fourth-order valence-electron chi connectivity index (χ4n) is 2.51. The highest BCUT2D eigenvalue weighted by Crippen LogP contribution is 2.21. The number of hydrogen-bond donors (Lipinski definition) is 1. The fraction of sp³-hybridized carbons (Fsp3) is 0.125. The van der Waals surface area contributed by atoms with Crippen LogP contribution in [0.3, 0.4) is 0 Å². The Labute approximate surface area is 117 Å². The molecule has 20 heavy (non-hydrogen) atoms. The minimum atomic E-state index is -0.907. The molecule has 0 spiro atoms. The van der Waals surface area contributed by atoms with E-state index in [9.17, 15) is 9.90 Å². The van der Waals surface area contributed by atoms with Gasteiger partial charge in [0, 0.05) is 0 Å². The quantitative estimate of drug-likeness (QED) is 0.868. The highest BCUT2D eigenvalue weighted by molar-refractivity contribution is 6.38. The second-order valence-electron chi connectivity index (χ2n) is 4.60. The maximum Gasteiger partial charge on any atom is 0.419 e. The number of nitrogens with zero attached hydrogens (tertiary/aromatic N) is 2. The van der Waals surface area contributed by atoms with Crippen molar-refractivity contribution in [2.24, 2.45) is 0 Å². The van der Waals surface area contributed by atoms with E-state index in [1.807, 2.05) is 70.1 Å². The molecule has 2 aromatic rings. The summed E-state index contributed by atoms with van der Waals surface area (Å²) in [5.41, 5.74) is 1.81. The van der Waals surface area contributed by atoms with Gasteiger partial charge in [-0.2, -0.15) is 0 Å². The molecule has 3 rings (SSSR count). The summed E-state index contributed by atoms with van der Waals surface area (Å²) in [7, 11) is 0. The Kier molecular flexibility index (Phi) is 3.21. The van der Waals surface area contributed by atoms with Gasteiger partial charge in [-0.25, -0.2) is 14.3 Å². The van der Waals surface area contributed by atoms with Gasteiger partial charge in [0.15, 0.2) is 0 Å². The predicted octanol–water partition coefficient (Wildman–Crippen LogP) is 2.33. The van der Waals surface area contributed by atoms with Gasteiger partial charge in [-0.05, 0) is 24.3 Å². The Morgan fingerprint density at radius 1 is 1.00 bits per heavy atom. The van der Waals surface area contributed by atoms with Gasteiger partial charge in [-0.1, -0.05) is 36.4 Å². The van der Waals surface area contributed by atoms with E-state index in [1.54, 1.807) is 0 Å². The van der Waals surface area contributed by atoms with E-state index in [0.717, 1.165) is 11.4 Å². The number of anilines is 1. The second kappa shape index (κ2) is 5.17. The topological polar surface area (TPSA) is 43.5 Å². The summed E-state index contributed by atoms with van der Waals surface area (Å²) in [6.45, 7) is 1.33. The monoisotopic (exact) mass is 267 g/mol. The molecule has 0 saturated heterocycles. The van der Waals surface area contributed by atoms with Crippen LogP contribution in [0.2, 0.25) is 0 Å². The maximum atomic E-state index is 11.6. The molecular formula is C16H15N2O2+. The van der Waals surface area contributed by atoms with Crippen LogP contribution < -0.4 is 4.90 Å². The Bertz CT molecular complexity index is 651. The Hall–Kier alpha value is -2.62. The van der Waals surface area contributed by atoms with Gasteiger partial charge in [0.1, 0.15) is 24.5 Å². The van der Waals surface area contributed by atoms with E-state index < -0.39 is 5.97 Å². The van der Waals surface area contributed by atoms with Crippen LogP contribution in [0.25, 0.3) is 0 Å². The van der Waals surface area contributed by atoms with Crippen LogP contribution >= 0.6 is 0 Å². The molecule has 1 heterocycles. The van der Waals surface area contributed by atoms with Gasteiger partial charge in [-0.3, -0.25) is 0 Å². The van der Waals surface area contributed by atoms with Gasteiger partial charge >= 0.3 is 11.8 Å². The number of carboxylic acid groups (broad SMARTS) is 1. The first-order valence-corrected chi connectivity index (χ1v) is 6.53. The van der Waals surface area contributed by atoms with Gasteiger partial charge in [-0.15, -0.1) is 0 Å². The summed E-state index contributed by atoms with van der Waals surface area (Å²) >= 11 is 0.